The van der Waals surface area contributed by atoms with Gasteiger partial charge in [0.1, 0.15) is 6.33 Å². The summed E-state index contributed by atoms with van der Waals surface area (Å²) in [4.78, 5) is 24.3. The number of nitrogens with one attached hydrogen (secondary N) is 1. The van der Waals surface area contributed by atoms with Gasteiger partial charge in [-0.1, -0.05) is 19.1 Å². The highest BCUT2D eigenvalue weighted by atomic mass is 32.1. The molecule has 3 aromatic rings. The van der Waals surface area contributed by atoms with Gasteiger partial charge < -0.3 is 4.90 Å². The van der Waals surface area contributed by atoms with Gasteiger partial charge in [-0.25, -0.2) is 24.9 Å². The zero-order chi connectivity index (χ0) is 17.3. The third-order valence-corrected chi connectivity index (χ3v) is 5.60. The summed E-state index contributed by atoms with van der Waals surface area (Å²) in [5, 5.41) is 1.10. The van der Waals surface area contributed by atoms with Crippen LogP contribution >= 0.6 is 11.3 Å². The fourth-order valence-electron chi connectivity index (χ4n) is 2.59. The van der Waals surface area contributed by atoms with Crippen LogP contribution in [0.3, 0.4) is 0 Å². The first kappa shape index (κ1) is 16.4. The molecule has 0 aliphatic rings. The van der Waals surface area contributed by atoms with Gasteiger partial charge in [0.25, 0.3) is 0 Å². The number of nitrogens with zero attached hydrogens (tertiary/aromatic N) is 4. The minimum absolute atomic E-state index is 0.0439. The van der Waals surface area contributed by atoms with Gasteiger partial charge in [-0.15, -0.1) is 11.3 Å². The van der Waals surface area contributed by atoms with Crippen LogP contribution in [0.4, 0.5) is 4.79 Å². The zero-order valence-corrected chi connectivity index (χ0v) is 15.1. The van der Waals surface area contributed by atoms with Gasteiger partial charge >= 0.3 is 6.03 Å². The highest BCUT2D eigenvalue weighted by molar-refractivity contribution is 7.11. The smallest absolute Gasteiger partial charge is 0.319 e. The van der Waals surface area contributed by atoms with Crippen LogP contribution in [0.2, 0.25) is 0 Å². The molecule has 0 bridgehead atoms. The van der Waals surface area contributed by atoms with Crippen molar-refractivity contribution < 1.29 is 4.79 Å². The number of carbonyl (C=O) groups is 1. The molecule has 2 amide bonds. The lowest BCUT2D eigenvalue weighted by atomic mass is 10.2. The number of fused-ring (bicyclic) bond motifs is 1. The SMILES string of the molecule is CCc1nc(C)c([C@H](C)N(C)C(=O)Nn2cnc3ccccc32)s1. The van der Waals surface area contributed by atoms with Gasteiger partial charge in [0.15, 0.2) is 0 Å². The predicted molar refractivity (Wildman–Crippen MR) is 96.9 cm³/mol. The van der Waals surface area contributed by atoms with Crippen LogP contribution in [0, 0.1) is 6.92 Å². The molecule has 126 valence electrons. The van der Waals surface area contributed by atoms with Gasteiger partial charge in [-0.2, -0.15) is 0 Å². The molecule has 6 nitrogen and oxygen atoms in total. The van der Waals surface area contributed by atoms with Gasteiger partial charge in [0.2, 0.25) is 0 Å². The van der Waals surface area contributed by atoms with Crippen LogP contribution in [0.25, 0.3) is 11.0 Å². The lowest BCUT2D eigenvalue weighted by Gasteiger charge is -2.25. The number of para-hydroxylation sites is 2. The highest BCUT2D eigenvalue weighted by Crippen LogP contribution is 2.29. The quantitative estimate of drug-likeness (QED) is 0.785. The molecule has 1 atom stereocenters. The second-order valence-electron chi connectivity index (χ2n) is 5.72. The first-order chi connectivity index (χ1) is 11.5. The monoisotopic (exact) mass is 343 g/mol. The minimum atomic E-state index is -0.184. The Balaban J connectivity index is 1.77. The molecule has 7 heteroatoms. The van der Waals surface area contributed by atoms with E-state index in [1.54, 1.807) is 34.3 Å². The lowest BCUT2D eigenvalue weighted by Crippen LogP contribution is -2.37. The molecule has 0 aliphatic carbocycles. The normalized spacial score (nSPS) is 12.3. The highest BCUT2D eigenvalue weighted by Gasteiger charge is 2.22. The number of hydrogen-bond donors (Lipinski definition) is 1. The molecular weight excluding hydrogens is 322 g/mol. The van der Waals surface area contributed by atoms with Crippen molar-refractivity contribution in [2.24, 2.45) is 0 Å². The second-order valence-corrected chi connectivity index (χ2v) is 6.83. The minimum Gasteiger partial charge on any atom is -0.319 e. The molecule has 0 aliphatic heterocycles. The summed E-state index contributed by atoms with van der Waals surface area (Å²) in [6.07, 6.45) is 2.53. The van der Waals surface area contributed by atoms with Crippen LogP contribution in [0.1, 0.15) is 35.5 Å². The third-order valence-electron chi connectivity index (χ3n) is 4.13. The van der Waals surface area contributed by atoms with E-state index >= 15 is 0 Å². The number of carbonyl (C=O) groups excluding carboxylic acids is 1. The Morgan fingerprint density at radius 3 is 2.88 bits per heavy atom. The van der Waals surface area contributed by atoms with Crippen LogP contribution in [-0.4, -0.2) is 32.6 Å². The first-order valence-corrected chi connectivity index (χ1v) is 8.75. The summed E-state index contributed by atoms with van der Waals surface area (Å²) in [5.41, 5.74) is 5.59. The molecule has 0 fully saturated rings. The average molecular weight is 343 g/mol. The molecule has 1 aromatic carbocycles. The van der Waals surface area contributed by atoms with Crippen molar-refractivity contribution in [3.8, 4) is 0 Å². The fourth-order valence-corrected chi connectivity index (χ4v) is 3.69. The molecule has 3 rings (SSSR count). The third kappa shape index (κ3) is 2.99. The summed E-state index contributed by atoms with van der Waals surface area (Å²) in [6, 6.07) is 7.46. The van der Waals surface area contributed by atoms with Crippen LogP contribution in [0.5, 0.6) is 0 Å². The lowest BCUT2D eigenvalue weighted by molar-refractivity contribution is 0.206. The molecule has 1 N–H and O–H groups in total. The van der Waals surface area contributed by atoms with E-state index in [0.29, 0.717) is 0 Å². The maximum absolute atomic E-state index is 12.6. The number of urea groups is 1. The Morgan fingerprint density at radius 2 is 2.17 bits per heavy atom. The topological polar surface area (TPSA) is 63.1 Å². The summed E-state index contributed by atoms with van der Waals surface area (Å²) < 4.78 is 1.65. The van der Waals surface area contributed by atoms with Gasteiger partial charge in [0.05, 0.1) is 27.8 Å². The number of aromatic nitrogens is 3. The van der Waals surface area contributed by atoms with Crippen molar-refractivity contribution in [1.82, 2.24) is 19.5 Å². The molecule has 2 heterocycles. The number of aryl methyl sites for hydroxylation is 2. The fraction of sp³-hybridized carbons (Fsp3) is 0.353. The van der Waals surface area contributed by atoms with Crippen LogP contribution in [0.15, 0.2) is 30.6 Å². The Morgan fingerprint density at radius 1 is 1.42 bits per heavy atom. The van der Waals surface area contributed by atoms with Gasteiger partial charge in [-0.3, -0.25) is 0 Å². The maximum Gasteiger partial charge on any atom is 0.336 e. The molecule has 24 heavy (non-hydrogen) atoms. The van der Waals surface area contributed by atoms with Crippen LogP contribution in [-0.2, 0) is 6.42 Å². The van der Waals surface area contributed by atoms with E-state index in [-0.39, 0.29) is 12.1 Å². The molecule has 0 radical (unpaired) electrons. The largest absolute Gasteiger partial charge is 0.336 e. The maximum atomic E-state index is 12.6. The Kier molecular flexibility index (Phi) is 4.53. The molecule has 2 aromatic heterocycles. The molecule has 0 saturated carbocycles. The van der Waals surface area contributed by atoms with E-state index in [4.69, 9.17) is 0 Å². The van der Waals surface area contributed by atoms with E-state index in [2.05, 4.69) is 22.3 Å². The van der Waals surface area contributed by atoms with Gasteiger partial charge in [0, 0.05) is 11.9 Å². The second kappa shape index (κ2) is 6.60. The molecule has 0 spiro atoms. The standard InChI is InChI=1S/C17H21N5OS/c1-5-15-19-11(2)16(24-15)12(3)21(4)17(23)20-22-10-18-13-8-6-7-9-14(13)22/h6-10,12H,5H2,1-4H3,(H,20,23)/t12-/m0/s1. The van der Waals surface area contributed by atoms with Crippen LogP contribution < -0.4 is 5.43 Å². The van der Waals surface area contributed by atoms with E-state index < -0.39 is 0 Å². The molecular formula is C17H21N5OS. The first-order valence-electron chi connectivity index (χ1n) is 7.93. The number of thiazole rings is 1. The van der Waals surface area contributed by atoms with Crippen molar-refractivity contribution >= 4 is 28.4 Å². The number of rotatable bonds is 4. The van der Waals surface area contributed by atoms with Crippen molar-refractivity contribution in [3.63, 3.8) is 0 Å². The van der Waals surface area contributed by atoms with Crippen molar-refractivity contribution in [3.05, 3.63) is 46.2 Å². The Hall–Kier alpha value is -2.41. The van der Waals surface area contributed by atoms with E-state index in [1.807, 2.05) is 38.1 Å². The van der Waals surface area contributed by atoms with E-state index in [0.717, 1.165) is 33.0 Å². The summed E-state index contributed by atoms with van der Waals surface area (Å²) in [6.45, 7) is 6.11. The molecule has 0 saturated heterocycles. The predicted octanol–water partition coefficient (Wildman–Crippen LogP) is 3.72. The number of imidazole rings is 1. The number of benzene rings is 1. The summed E-state index contributed by atoms with van der Waals surface area (Å²) >= 11 is 1.67. The van der Waals surface area contributed by atoms with Crippen molar-refractivity contribution in [2.45, 2.75) is 33.2 Å². The number of hydrogen-bond acceptors (Lipinski definition) is 4. The molecule has 0 unspecified atom stereocenters. The zero-order valence-electron chi connectivity index (χ0n) is 14.3. The van der Waals surface area contributed by atoms with E-state index in [9.17, 15) is 4.79 Å². The van der Waals surface area contributed by atoms with Gasteiger partial charge in [-0.05, 0) is 32.4 Å². The number of amides is 2. The Labute approximate surface area is 145 Å². The van der Waals surface area contributed by atoms with Crippen molar-refractivity contribution in [1.29, 1.82) is 0 Å². The van der Waals surface area contributed by atoms with E-state index in [1.165, 1.54) is 0 Å². The summed E-state index contributed by atoms with van der Waals surface area (Å²) in [7, 11) is 1.80. The Bertz CT molecular complexity index is 869. The average Bonchev–Trinajstić information content (AvgIpc) is 3.17. The summed E-state index contributed by atoms with van der Waals surface area (Å²) in [5.74, 6) is 0. The van der Waals surface area contributed by atoms with Crippen molar-refractivity contribution in [2.75, 3.05) is 12.5 Å².